The van der Waals surface area contributed by atoms with Crippen LogP contribution in [0.3, 0.4) is 0 Å². The average Bonchev–Trinajstić information content (AvgIpc) is 3.25. The van der Waals surface area contributed by atoms with Crippen LogP contribution in [0.15, 0.2) is 89.6 Å². The Morgan fingerprint density at radius 1 is 0.972 bits per heavy atom. The maximum atomic E-state index is 12.7. The van der Waals surface area contributed by atoms with E-state index in [1.165, 1.54) is 13.2 Å². The van der Waals surface area contributed by atoms with Crippen molar-refractivity contribution >= 4 is 46.3 Å². The Morgan fingerprint density at radius 3 is 2.50 bits per heavy atom. The molecule has 178 valence electrons. The molecule has 0 atom stereocenters. The third kappa shape index (κ3) is 4.59. The normalized spacial score (nSPS) is 14.0. The van der Waals surface area contributed by atoms with Crippen LogP contribution in [0, 0.1) is 6.92 Å². The molecule has 1 heterocycles. The van der Waals surface area contributed by atoms with Crippen molar-refractivity contribution in [2.24, 2.45) is 4.99 Å². The van der Waals surface area contributed by atoms with Crippen LogP contribution in [0.5, 0.6) is 11.5 Å². The second-order valence-corrected chi connectivity index (χ2v) is 8.54. The molecule has 4 aromatic rings. The highest BCUT2D eigenvalue weighted by Gasteiger charge is 2.25. The number of halogens is 1. The van der Waals surface area contributed by atoms with E-state index in [1.807, 2.05) is 61.5 Å². The van der Waals surface area contributed by atoms with Crippen LogP contribution in [0.1, 0.15) is 27.0 Å². The number of aryl methyl sites for hydroxylation is 1. The molecule has 0 saturated carbocycles. The van der Waals surface area contributed by atoms with Crippen molar-refractivity contribution in [1.82, 2.24) is 0 Å². The highest BCUT2D eigenvalue weighted by atomic mass is 35.5. The number of rotatable bonds is 5. The molecule has 0 unspecified atom stereocenters. The van der Waals surface area contributed by atoms with Crippen LogP contribution in [-0.4, -0.2) is 24.9 Å². The van der Waals surface area contributed by atoms with Gasteiger partial charge in [-0.3, -0.25) is 0 Å². The molecule has 4 aromatic carbocycles. The summed E-state index contributed by atoms with van der Waals surface area (Å²) in [6.07, 6.45) is 1.54. The number of cyclic esters (lactones) is 1. The molecule has 0 N–H and O–H groups in total. The number of methoxy groups -OCH3 is 1. The summed E-state index contributed by atoms with van der Waals surface area (Å²) >= 11 is 6.45. The second-order valence-electron chi connectivity index (χ2n) is 8.14. The van der Waals surface area contributed by atoms with Gasteiger partial charge in [0.2, 0.25) is 5.90 Å². The van der Waals surface area contributed by atoms with E-state index >= 15 is 0 Å². The lowest BCUT2D eigenvalue weighted by atomic mass is 10.1. The molecule has 36 heavy (non-hydrogen) atoms. The number of ether oxygens (including phenoxy) is 3. The van der Waals surface area contributed by atoms with Gasteiger partial charge in [-0.1, -0.05) is 60.1 Å². The van der Waals surface area contributed by atoms with Gasteiger partial charge in [0.1, 0.15) is 0 Å². The molecule has 0 spiro atoms. The molecule has 6 nitrogen and oxygen atoms in total. The molecule has 0 amide bonds. The van der Waals surface area contributed by atoms with Gasteiger partial charge in [-0.15, -0.1) is 0 Å². The van der Waals surface area contributed by atoms with Crippen molar-refractivity contribution in [2.45, 2.75) is 6.92 Å². The SMILES string of the molecule is COc1cc(/C=C2\N=C(c3ccc4ccccc4c3)OC2=O)cc(Cl)c1OC(=O)c1ccccc1C. The van der Waals surface area contributed by atoms with Crippen molar-refractivity contribution < 1.29 is 23.8 Å². The number of esters is 2. The topological polar surface area (TPSA) is 74.2 Å². The zero-order chi connectivity index (χ0) is 25.2. The minimum atomic E-state index is -0.580. The molecule has 7 heteroatoms. The van der Waals surface area contributed by atoms with E-state index in [-0.39, 0.29) is 28.1 Å². The first-order valence-corrected chi connectivity index (χ1v) is 11.5. The van der Waals surface area contributed by atoms with Gasteiger partial charge in [0.25, 0.3) is 0 Å². The zero-order valence-corrected chi connectivity index (χ0v) is 20.2. The van der Waals surface area contributed by atoms with E-state index < -0.39 is 11.9 Å². The standard InChI is InChI=1S/C29H20ClNO5/c1-17-7-3-6-10-22(17)28(32)35-26-23(30)13-18(15-25(26)34-2)14-24-29(33)36-27(31-24)21-12-11-19-8-4-5-9-20(19)16-21/h3-16H,1-2H3/b24-14-. The quantitative estimate of drug-likeness (QED) is 0.182. The molecule has 1 aliphatic heterocycles. The van der Waals surface area contributed by atoms with E-state index in [0.29, 0.717) is 16.7 Å². The van der Waals surface area contributed by atoms with E-state index in [2.05, 4.69) is 4.99 Å². The van der Waals surface area contributed by atoms with Crippen molar-refractivity contribution in [3.05, 3.63) is 112 Å². The summed E-state index contributed by atoms with van der Waals surface area (Å²) in [7, 11) is 1.44. The lowest BCUT2D eigenvalue weighted by Gasteiger charge is -2.13. The van der Waals surface area contributed by atoms with Gasteiger partial charge in [-0.25, -0.2) is 14.6 Å². The fraction of sp³-hybridized carbons (Fsp3) is 0.0690. The first kappa shape index (κ1) is 23.3. The molecule has 0 aliphatic carbocycles. The summed E-state index contributed by atoms with van der Waals surface area (Å²) in [5.74, 6) is -0.587. The lowest BCUT2D eigenvalue weighted by Crippen LogP contribution is -2.11. The molecule has 1 aliphatic rings. The van der Waals surface area contributed by atoms with Crippen molar-refractivity contribution in [3.8, 4) is 11.5 Å². The van der Waals surface area contributed by atoms with Crippen molar-refractivity contribution in [2.75, 3.05) is 7.11 Å². The molecule has 5 rings (SSSR count). The maximum absolute atomic E-state index is 12.7. The van der Waals surface area contributed by atoms with Gasteiger partial charge < -0.3 is 14.2 Å². The number of nitrogens with zero attached hydrogens (tertiary/aromatic N) is 1. The van der Waals surface area contributed by atoms with Gasteiger partial charge >= 0.3 is 11.9 Å². The Bertz CT molecular complexity index is 1590. The number of aliphatic imine (C=N–C) groups is 1. The monoisotopic (exact) mass is 497 g/mol. The van der Waals surface area contributed by atoms with Gasteiger partial charge in [0, 0.05) is 5.56 Å². The van der Waals surface area contributed by atoms with E-state index in [9.17, 15) is 9.59 Å². The van der Waals surface area contributed by atoms with Gasteiger partial charge in [0.05, 0.1) is 17.7 Å². The average molecular weight is 498 g/mol. The first-order chi connectivity index (χ1) is 17.4. The predicted molar refractivity (Wildman–Crippen MR) is 139 cm³/mol. The van der Waals surface area contributed by atoms with Gasteiger partial charge in [-0.2, -0.15) is 0 Å². The Hall–Kier alpha value is -4.42. The number of fused-ring (bicyclic) bond motifs is 1. The molecule has 0 fully saturated rings. The predicted octanol–water partition coefficient (Wildman–Crippen LogP) is 6.37. The van der Waals surface area contributed by atoms with E-state index in [1.54, 1.807) is 24.3 Å². The largest absolute Gasteiger partial charge is 0.493 e. The van der Waals surface area contributed by atoms with Crippen LogP contribution in [0.4, 0.5) is 0 Å². The summed E-state index contributed by atoms with van der Waals surface area (Å²) in [5, 5.41) is 2.23. The fourth-order valence-electron chi connectivity index (χ4n) is 3.88. The first-order valence-electron chi connectivity index (χ1n) is 11.1. The highest BCUT2D eigenvalue weighted by Crippen LogP contribution is 2.38. The van der Waals surface area contributed by atoms with Crippen molar-refractivity contribution in [1.29, 1.82) is 0 Å². The van der Waals surface area contributed by atoms with Crippen LogP contribution in [0.25, 0.3) is 16.8 Å². The Morgan fingerprint density at radius 2 is 1.72 bits per heavy atom. The summed E-state index contributed by atoms with van der Waals surface area (Å²) in [6, 6.07) is 23.9. The maximum Gasteiger partial charge on any atom is 0.363 e. The highest BCUT2D eigenvalue weighted by molar-refractivity contribution is 6.32. The molecular formula is C29H20ClNO5. The summed E-state index contributed by atoms with van der Waals surface area (Å²) < 4.78 is 16.4. The molecule has 0 radical (unpaired) electrons. The van der Waals surface area contributed by atoms with Crippen LogP contribution in [-0.2, 0) is 9.53 Å². The third-order valence-electron chi connectivity index (χ3n) is 5.73. The second kappa shape index (κ2) is 9.68. The number of hydrogen-bond donors (Lipinski definition) is 0. The van der Waals surface area contributed by atoms with Crippen LogP contribution < -0.4 is 9.47 Å². The summed E-state index contributed by atoms with van der Waals surface area (Å²) in [4.78, 5) is 29.6. The number of carbonyl (C=O) groups excluding carboxylic acids is 2. The molecule has 0 aromatic heterocycles. The Kier molecular flexibility index (Phi) is 6.27. The van der Waals surface area contributed by atoms with E-state index in [0.717, 1.165) is 16.3 Å². The smallest absolute Gasteiger partial charge is 0.363 e. The fourth-order valence-corrected chi connectivity index (χ4v) is 4.14. The summed E-state index contributed by atoms with van der Waals surface area (Å²) in [5.41, 5.74) is 2.54. The Balaban J connectivity index is 1.44. The minimum Gasteiger partial charge on any atom is -0.493 e. The van der Waals surface area contributed by atoms with Gasteiger partial charge in [-0.05, 0) is 65.2 Å². The third-order valence-corrected chi connectivity index (χ3v) is 6.01. The van der Waals surface area contributed by atoms with Crippen LogP contribution in [0.2, 0.25) is 5.02 Å². The molecular weight excluding hydrogens is 478 g/mol. The van der Waals surface area contributed by atoms with Gasteiger partial charge in [0.15, 0.2) is 17.2 Å². The number of carbonyl (C=O) groups is 2. The minimum absolute atomic E-state index is 0.0870. The number of hydrogen-bond acceptors (Lipinski definition) is 6. The van der Waals surface area contributed by atoms with E-state index in [4.69, 9.17) is 25.8 Å². The zero-order valence-electron chi connectivity index (χ0n) is 19.4. The molecule has 0 saturated heterocycles. The molecule has 0 bridgehead atoms. The lowest BCUT2D eigenvalue weighted by molar-refractivity contribution is -0.129. The van der Waals surface area contributed by atoms with Crippen molar-refractivity contribution in [3.63, 3.8) is 0 Å². The number of benzene rings is 4. The van der Waals surface area contributed by atoms with Crippen LogP contribution >= 0.6 is 11.6 Å². The summed E-state index contributed by atoms with van der Waals surface area (Å²) in [6.45, 7) is 1.82. The Labute approximate surface area is 212 Å².